The standard InChI is InChI=1S/C25H28N2O3/c1-26(2)22-12-8-11-21(16-22)25(28)27(3)17-20-13-14-23(24(15-20)29-4)30-18-19-9-6-5-7-10-19/h5-16H,17-18H2,1-4H3. The molecule has 0 aromatic heterocycles. The lowest BCUT2D eigenvalue weighted by molar-refractivity contribution is 0.0785. The summed E-state index contributed by atoms with van der Waals surface area (Å²) in [5.41, 5.74) is 3.72. The second kappa shape index (κ2) is 9.83. The Morgan fingerprint density at radius 2 is 1.60 bits per heavy atom. The normalized spacial score (nSPS) is 10.4. The molecule has 0 aliphatic rings. The van der Waals surface area contributed by atoms with Gasteiger partial charge in [0.2, 0.25) is 0 Å². The number of ether oxygens (including phenoxy) is 2. The molecular weight excluding hydrogens is 376 g/mol. The molecule has 5 heteroatoms. The van der Waals surface area contributed by atoms with Crippen molar-refractivity contribution in [2.45, 2.75) is 13.2 Å². The SMILES string of the molecule is COc1cc(CN(C)C(=O)c2cccc(N(C)C)c2)ccc1OCc1ccccc1. The van der Waals surface area contributed by atoms with E-state index in [0.29, 0.717) is 30.2 Å². The maximum absolute atomic E-state index is 12.9. The number of anilines is 1. The molecule has 0 unspecified atom stereocenters. The van der Waals surface area contributed by atoms with E-state index >= 15 is 0 Å². The summed E-state index contributed by atoms with van der Waals surface area (Å²) in [7, 11) is 7.34. The molecule has 0 heterocycles. The maximum atomic E-state index is 12.9. The van der Waals surface area contributed by atoms with Gasteiger partial charge in [-0.25, -0.2) is 0 Å². The number of hydrogen-bond acceptors (Lipinski definition) is 4. The molecule has 0 spiro atoms. The second-order valence-corrected chi connectivity index (χ2v) is 7.37. The summed E-state index contributed by atoms with van der Waals surface area (Å²) in [6.07, 6.45) is 0. The molecule has 1 amide bonds. The van der Waals surface area contributed by atoms with Gasteiger partial charge in [-0.15, -0.1) is 0 Å². The minimum atomic E-state index is -0.0259. The first kappa shape index (κ1) is 21.2. The van der Waals surface area contributed by atoms with Crippen molar-refractivity contribution in [3.8, 4) is 11.5 Å². The largest absolute Gasteiger partial charge is 0.493 e. The average Bonchev–Trinajstić information content (AvgIpc) is 2.78. The van der Waals surface area contributed by atoms with Gasteiger partial charge in [0.25, 0.3) is 5.91 Å². The number of carbonyl (C=O) groups excluding carboxylic acids is 1. The van der Waals surface area contributed by atoms with Gasteiger partial charge in [0.1, 0.15) is 6.61 Å². The number of hydrogen-bond donors (Lipinski definition) is 0. The molecule has 0 saturated heterocycles. The molecule has 0 saturated carbocycles. The lowest BCUT2D eigenvalue weighted by Gasteiger charge is -2.20. The fourth-order valence-corrected chi connectivity index (χ4v) is 3.15. The predicted molar refractivity (Wildman–Crippen MR) is 120 cm³/mol. The quantitative estimate of drug-likeness (QED) is 0.550. The topological polar surface area (TPSA) is 42.0 Å². The van der Waals surface area contributed by atoms with Crippen LogP contribution in [0.1, 0.15) is 21.5 Å². The van der Waals surface area contributed by atoms with Crippen molar-refractivity contribution in [2.75, 3.05) is 33.2 Å². The van der Waals surface area contributed by atoms with E-state index in [1.165, 1.54) is 0 Å². The van der Waals surface area contributed by atoms with Gasteiger partial charge in [0.05, 0.1) is 7.11 Å². The Labute approximate surface area is 178 Å². The molecule has 0 aliphatic heterocycles. The Hall–Kier alpha value is -3.47. The van der Waals surface area contributed by atoms with Gasteiger partial charge < -0.3 is 19.3 Å². The summed E-state index contributed by atoms with van der Waals surface area (Å²) in [4.78, 5) is 16.5. The Morgan fingerprint density at radius 1 is 0.833 bits per heavy atom. The second-order valence-electron chi connectivity index (χ2n) is 7.37. The van der Waals surface area contributed by atoms with Crippen LogP contribution in [0.15, 0.2) is 72.8 Å². The minimum Gasteiger partial charge on any atom is -0.493 e. The lowest BCUT2D eigenvalue weighted by atomic mass is 10.1. The highest BCUT2D eigenvalue weighted by Gasteiger charge is 2.14. The fraction of sp³-hybridized carbons (Fsp3) is 0.240. The molecule has 0 fully saturated rings. The monoisotopic (exact) mass is 404 g/mol. The maximum Gasteiger partial charge on any atom is 0.253 e. The van der Waals surface area contributed by atoms with Crippen LogP contribution in [-0.2, 0) is 13.2 Å². The van der Waals surface area contributed by atoms with Crippen molar-refractivity contribution in [3.05, 3.63) is 89.5 Å². The zero-order valence-corrected chi connectivity index (χ0v) is 18.0. The van der Waals surface area contributed by atoms with Crippen LogP contribution in [0, 0.1) is 0 Å². The zero-order valence-electron chi connectivity index (χ0n) is 18.0. The number of carbonyl (C=O) groups is 1. The van der Waals surface area contributed by atoms with Crippen molar-refractivity contribution in [1.82, 2.24) is 4.90 Å². The van der Waals surface area contributed by atoms with E-state index < -0.39 is 0 Å². The lowest BCUT2D eigenvalue weighted by Crippen LogP contribution is -2.26. The number of methoxy groups -OCH3 is 1. The first-order valence-corrected chi connectivity index (χ1v) is 9.84. The molecule has 156 valence electrons. The van der Waals surface area contributed by atoms with Crippen molar-refractivity contribution in [3.63, 3.8) is 0 Å². The van der Waals surface area contributed by atoms with Gasteiger partial charge in [-0.1, -0.05) is 42.5 Å². The van der Waals surface area contributed by atoms with Gasteiger partial charge in [0, 0.05) is 38.9 Å². The molecule has 0 radical (unpaired) electrons. The first-order chi connectivity index (χ1) is 14.5. The van der Waals surface area contributed by atoms with Gasteiger partial charge in [-0.2, -0.15) is 0 Å². The van der Waals surface area contributed by atoms with Crippen LogP contribution >= 0.6 is 0 Å². The molecule has 30 heavy (non-hydrogen) atoms. The Balaban J connectivity index is 1.68. The molecular formula is C25H28N2O3. The third kappa shape index (κ3) is 5.32. The number of benzene rings is 3. The summed E-state index contributed by atoms with van der Waals surface area (Å²) in [6.45, 7) is 0.942. The zero-order chi connectivity index (χ0) is 21.5. The van der Waals surface area contributed by atoms with Crippen molar-refractivity contribution < 1.29 is 14.3 Å². The van der Waals surface area contributed by atoms with Gasteiger partial charge in [-0.3, -0.25) is 4.79 Å². The highest BCUT2D eigenvalue weighted by Crippen LogP contribution is 2.29. The highest BCUT2D eigenvalue weighted by atomic mass is 16.5. The van der Waals surface area contributed by atoms with Crippen molar-refractivity contribution >= 4 is 11.6 Å². The summed E-state index contributed by atoms with van der Waals surface area (Å²) in [6, 6.07) is 23.4. The number of nitrogens with zero attached hydrogens (tertiary/aromatic N) is 2. The van der Waals surface area contributed by atoms with E-state index in [0.717, 1.165) is 16.8 Å². The van der Waals surface area contributed by atoms with E-state index in [-0.39, 0.29) is 5.91 Å². The smallest absolute Gasteiger partial charge is 0.253 e. The average molecular weight is 405 g/mol. The van der Waals surface area contributed by atoms with Gasteiger partial charge in [0.15, 0.2) is 11.5 Å². The summed E-state index contributed by atoms with van der Waals surface area (Å²) >= 11 is 0. The summed E-state index contributed by atoms with van der Waals surface area (Å²) < 4.78 is 11.4. The molecule has 3 aromatic rings. The van der Waals surface area contributed by atoms with Crippen LogP contribution < -0.4 is 14.4 Å². The summed E-state index contributed by atoms with van der Waals surface area (Å²) in [5.74, 6) is 1.30. The van der Waals surface area contributed by atoms with Crippen molar-refractivity contribution in [1.29, 1.82) is 0 Å². The first-order valence-electron chi connectivity index (χ1n) is 9.84. The Bertz CT molecular complexity index is 987. The van der Waals surface area contributed by atoms with Crippen LogP contribution in [0.25, 0.3) is 0 Å². The third-order valence-electron chi connectivity index (χ3n) is 4.84. The highest BCUT2D eigenvalue weighted by molar-refractivity contribution is 5.95. The molecule has 3 rings (SSSR count). The molecule has 5 nitrogen and oxygen atoms in total. The minimum absolute atomic E-state index is 0.0259. The molecule has 0 aliphatic carbocycles. The fourth-order valence-electron chi connectivity index (χ4n) is 3.15. The van der Waals surface area contributed by atoms with E-state index in [9.17, 15) is 4.79 Å². The van der Waals surface area contributed by atoms with E-state index in [1.54, 1.807) is 19.1 Å². The van der Waals surface area contributed by atoms with E-state index in [2.05, 4.69) is 0 Å². The third-order valence-corrected chi connectivity index (χ3v) is 4.84. The van der Waals surface area contributed by atoms with Crippen LogP contribution in [0.2, 0.25) is 0 Å². The van der Waals surface area contributed by atoms with Crippen LogP contribution in [0.3, 0.4) is 0 Å². The van der Waals surface area contributed by atoms with E-state index in [4.69, 9.17) is 9.47 Å². The molecule has 0 N–H and O–H groups in total. The number of rotatable bonds is 8. The predicted octanol–water partition coefficient (Wildman–Crippen LogP) is 4.61. The van der Waals surface area contributed by atoms with Gasteiger partial charge in [-0.05, 0) is 41.5 Å². The van der Waals surface area contributed by atoms with Crippen molar-refractivity contribution in [2.24, 2.45) is 0 Å². The van der Waals surface area contributed by atoms with Gasteiger partial charge >= 0.3 is 0 Å². The molecule has 3 aromatic carbocycles. The molecule has 0 atom stereocenters. The van der Waals surface area contributed by atoms with Crippen LogP contribution in [0.5, 0.6) is 11.5 Å². The Morgan fingerprint density at radius 3 is 2.30 bits per heavy atom. The number of amides is 1. The molecule has 0 bridgehead atoms. The van der Waals surface area contributed by atoms with Crippen LogP contribution in [-0.4, -0.2) is 39.1 Å². The van der Waals surface area contributed by atoms with Crippen LogP contribution in [0.4, 0.5) is 5.69 Å². The Kier molecular flexibility index (Phi) is 6.96. The summed E-state index contributed by atoms with van der Waals surface area (Å²) in [5, 5.41) is 0. The van der Waals surface area contributed by atoms with E-state index in [1.807, 2.05) is 91.8 Å².